The third-order valence-electron chi connectivity index (χ3n) is 1.64. The summed E-state index contributed by atoms with van der Waals surface area (Å²) < 4.78 is 61.4. The number of alkyl halides is 3. The van der Waals surface area contributed by atoms with Crippen molar-refractivity contribution in [3.63, 3.8) is 0 Å². The number of sulfonamides is 1. The second-order valence-electron chi connectivity index (χ2n) is 2.92. The predicted octanol–water partition coefficient (Wildman–Crippen LogP) is 1.05. The summed E-state index contributed by atoms with van der Waals surface area (Å²) in [5.41, 5.74) is -0.136. The third-order valence-corrected chi connectivity index (χ3v) is 2.57. The van der Waals surface area contributed by atoms with Crippen molar-refractivity contribution in [1.29, 1.82) is 0 Å². The molecule has 5 nitrogen and oxygen atoms in total. The molecule has 0 amide bonds. The highest BCUT2D eigenvalue weighted by molar-refractivity contribution is 7.89. The van der Waals surface area contributed by atoms with E-state index in [1.807, 2.05) is 0 Å². The number of hydrogen-bond donors (Lipinski definition) is 1. The standard InChI is InChI=1S/C8H6F3NO4S/c9-8(10,11)16-6-2-1-5(4-13)3-7(6)17(12,14)15/h1-4H,(H2,12,14,15). The van der Waals surface area contributed by atoms with Crippen molar-refractivity contribution in [2.75, 3.05) is 0 Å². The van der Waals surface area contributed by atoms with E-state index >= 15 is 0 Å². The van der Waals surface area contributed by atoms with Crippen LogP contribution in [0.3, 0.4) is 0 Å². The molecule has 0 heterocycles. The Balaban J connectivity index is 3.36. The minimum atomic E-state index is -5.05. The molecular weight excluding hydrogens is 263 g/mol. The molecule has 1 aromatic rings. The molecule has 0 spiro atoms. The highest BCUT2D eigenvalue weighted by Gasteiger charge is 2.33. The average Bonchev–Trinajstić information content (AvgIpc) is 2.14. The summed E-state index contributed by atoms with van der Waals surface area (Å²) in [4.78, 5) is 9.48. The van der Waals surface area contributed by atoms with Crippen LogP contribution < -0.4 is 9.88 Å². The summed E-state index contributed by atoms with van der Waals surface area (Å²) in [6.45, 7) is 0. The zero-order valence-electron chi connectivity index (χ0n) is 8.06. The molecule has 0 saturated carbocycles. The minimum absolute atomic E-state index is 0.136. The van der Waals surface area contributed by atoms with Crippen LogP contribution in [0, 0.1) is 0 Å². The van der Waals surface area contributed by atoms with Gasteiger partial charge in [-0.05, 0) is 18.2 Å². The number of benzene rings is 1. The lowest BCUT2D eigenvalue weighted by Gasteiger charge is -2.12. The van der Waals surface area contributed by atoms with E-state index in [0.29, 0.717) is 12.1 Å². The summed E-state index contributed by atoms with van der Waals surface area (Å²) in [5.74, 6) is -0.981. The van der Waals surface area contributed by atoms with Crippen molar-refractivity contribution in [2.45, 2.75) is 11.3 Å². The fourth-order valence-electron chi connectivity index (χ4n) is 1.03. The van der Waals surface area contributed by atoms with E-state index in [9.17, 15) is 26.4 Å². The van der Waals surface area contributed by atoms with Gasteiger partial charge in [0.25, 0.3) is 0 Å². The van der Waals surface area contributed by atoms with E-state index in [4.69, 9.17) is 5.14 Å². The van der Waals surface area contributed by atoms with Crippen molar-refractivity contribution >= 4 is 16.3 Å². The maximum atomic E-state index is 12.0. The summed E-state index contributed by atoms with van der Waals surface area (Å²) in [6, 6.07) is 2.38. The van der Waals surface area contributed by atoms with Crippen LogP contribution >= 0.6 is 0 Å². The van der Waals surface area contributed by atoms with E-state index in [1.54, 1.807) is 0 Å². The molecule has 2 N–H and O–H groups in total. The van der Waals surface area contributed by atoms with Crippen molar-refractivity contribution < 1.29 is 31.1 Å². The average molecular weight is 269 g/mol. The van der Waals surface area contributed by atoms with Gasteiger partial charge in [0, 0.05) is 5.56 Å². The zero-order chi connectivity index (χ0) is 13.3. The quantitative estimate of drug-likeness (QED) is 0.831. The van der Waals surface area contributed by atoms with Gasteiger partial charge in [-0.25, -0.2) is 13.6 Å². The molecule has 1 aromatic carbocycles. The van der Waals surface area contributed by atoms with Gasteiger partial charge < -0.3 is 4.74 Å². The van der Waals surface area contributed by atoms with Gasteiger partial charge in [0.05, 0.1) is 0 Å². The molecule has 0 radical (unpaired) electrons. The third kappa shape index (κ3) is 3.71. The second kappa shape index (κ2) is 4.34. The number of carbonyl (C=O) groups is 1. The molecule has 1 rings (SSSR count). The van der Waals surface area contributed by atoms with E-state index in [-0.39, 0.29) is 11.8 Å². The van der Waals surface area contributed by atoms with Crippen LogP contribution in [0.5, 0.6) is 5.75 Å². The molecule has 0 saturated heterocycles. The van der Waals surface area contributed by atoms with Gasteiger partial charge in [0.2, 0.25) is 10.0 Å². The second-order valence-corrected chi connectivity index (χ2v) is 4.45. The van der Waals surface area contributed by atoms with Gasteiger partial charge in [0.15, 0.2) is 0 Å². The smallest absolute Gasteiger partial charge is 0.404 e. The van der Waals surface area contributed by atoms with E-state index in [2.05, 4.69) is 4.74 Å². The summed E-state index contributed by atoms with van der Waals surface area (Å²) in [7, 11) is -4.42. The summed E-state index contributed by atoms with van der Waals surface area (Å²) in [5, 5.41) is 4.71. The number of ether oxygens (including phenoxy) is 1. The van der Waals surface area contributed by atoms with Gasteiger partial charge in [-0.2, -0.15) is 0 Å². The first kappa shape index (κ1) is 13.5. The fourth-order valence-corrected chi connectivity index (χ4v) is 1.72. The minimum Gasteiger partial charge on any atom is -0.404 e. The SMILES string of the molecule is NS(=O)(=O)c1cc(C=O)ccc1OC(F)(F)F. The lowest BCUT2D eigenvalue weighted by Crippen LogP contribution is -2.21. The Hall–Kier alpha value is -1.61. The van der Waals surface area contributed by atoms with Crippen molar-refractivity contribution in [1.82, 2.24) is 0 Å². The number of aldehydes is 1. The number of carbonyl (C=O) groups excluding carboxylic acids is 1. The van der Waals surface area contributed by atoms with Gasteiger partial charge in [0.1, 0.15) is 16.9 Å². The molecule has 17 heavy (non-hydrogen) atoms. The Labute approximate surface area is 94.0 Å². The number of nitrogens with two attached hydrogens (primary N) is 1. The first-order valence-corrected chi connectivity index (χ1v) is 5.56. The van der Waals surface area contributed by atoms with Gasteiger partial charge >= 0.3 is 6.36 Å². The van der Waals surface area contributed by atoms with E-state index in [0.717, 1.165) is 6.07 Å². The first-order valence-electron chi connectivity index (χ1n) is 4.01. The first-order chi connectivity index (χ1) is 7.63. The lowest BCUT2D eigenvalue weighted by molar-refractivity contribution is -0.275. The van der Waals surface area contributed by atoms with Crippen molar-refractivity contribution in [3.8, 4) is 5.75 Å². The Kier molecular flexibility index (Phi) is 3.43. The van der Waals surface area contributed by atoms with Crippen molar-refractivity contribution in [2.24, 2.45) is 5.14 Å². The van der Waals surface area contributed by atoms with Crippen LogP contribution in [0.4, 0.5) is 13.2 Å². The maximum Gasteiger partial charge on any atom is 0.573 e. The number of halogens is 3. The van der Waals surface area contributed by atoms with E-state index in [1.165, 1.54) is 0 Å². The van der Waals surface area contributed by atoms with Crippen LogP contribution in [0.15, 0.2) is 23.1 Å². The van der Waals surface area contributed by atoms with Crippen molar-refractivity contribution in [3.05, 3.63) is 23.8 Å². The van der Waals surface area contributed by atoms with Crippen LogP contribution in [-0.4, -0.2) is 21.1 Å². The predicted molar refractivity (Wildman–Crippen MR) is 49.9 cm³/mol. The number of hydrogen-bond acceptors (Lipinski definition) is 4. The Bertz CT molecular complexity index is 538. The zero-order valence-corrected chi connectivity index (χ0v) is 8.88. The Morgan fingerprint density at radius 2 is 1.88 bits per heavy atom. The molecule has 0 aliphatic rings. The molecule has 0 bridgehead atoms. The summed E-state index contributed by atoms with van der Waals surface area (Å²) >= 11 is 0. The number of primary sulfonamides is 1. The van der Waals surface area contributed by atoms with Gasteiger partial charge in [-0.15, -0.1) is 13.2 Å². The fraction of sp³-hybridized carbons (Fsp3) is 0.125. The van der Waals surface area contributed by atoms with Crippen LogP contribution in [-0.2, 0) is 10.0 Å². The van der Waals surface area contributed by atoms with Gasteiger partial charge in [-0.1, -0.05) is 0 Å². The van der Waals surface area contributed by atoms with E-state index < -0.39 is 27.0 Å². The molecule has 0 unspecified atom stereocenters. The molecule has 0 aliphatic heterocycles. The molecule has 0 aliphatic carbocycles. The molecule has 9 heteroatoms. The maximum absolute atomic E-state index is 12.0. The number of rotatable bonds is 3. The highest BCUT2D eigenvalue weighted by atomic mass is 32.2. The lowest BCUT2D eigenvalue weighted by atomic mass is 10.2. The molecule has 0 atom stereocenters. The Morgan fingerprint density at radius 1 is 1.29 bits per heavy atom. The summed E-state index contributed by atoms with van der Waals surface area (Å²) in [6.07, 6.45) is -4.78. The Morgan fingerprint density at radius 3 is 2.29 bits per heavy atom. The molecule has 0 aromatic heterocycles. The highest BCUT2D eigenvalue weighted by Crippen LogP contribution is 2.29. The normalized spacial score (nSPS) is 12.2. The monoisotopic (exact) mass is 269 g/mol. The van der Waals surface area contributed by atoms with Crippen LogP contribution in [0.1, 0.15) is 10.4 Å². The topological polar surface area (TPSA) is 86.5 Å². The van der Waals surface area contributed by atoms with Crippen LogP contribution in [0.2, 0.25) is 0 Å². The molecule has 94 valence electrons. The molecule has 0 fully saturated rings. The van der Waals surface area contributed by atoms with Crippen LogP contribution in [0.25, 0.3) is 0 Å². The van der Waals surface area contributed by atoms with Gasteiger partial charge in [-0.3, -0.25) is 4.79 Å². The largest absolute Gasteiger partial charge is 0.573 e. The molecular formula is C8H6F3NO4S.